The monoisotopic (exact) mass is 120 g/mol. The SMILES string of the molecule is CCc1n[nH][c]c1C#N. The van der Waals surface area contributed by atoms with Gasteiger partial charge in [0, 0.05) is 0 Å². The van der Waals surface area contributed by atoms with Crippen molar-refractivity contribution in [2.24, 2.45) is 0 Å². The van der Waals surface area contributed by atoms with Gasteiger partial charge in [0.05, 0.1) is 5.69 Å². The Bertz CT molecular complexity index is 231. The van der Waals surface area contributed by atoms with E-state index in [1.165, 1.54) is 0 Å². The second-order valence-electron chi connectivity index (χ2n) is 1.64. The summed E-state index contributed by atoms with van der Waals surface area (Å²) < 4.78 is 0. The first-order chi connectivity index (χ1) is 4.38. The van der Waals surface area contributed by atoms with Gasteiger partial charge in [-0.15, -0.1) is 0 Å². The molecule has 45 valence electrons. The number of hydrogen-bond acceptors (Lipinski definition) is 2. The summed E-state index contributed by atoms with van der Waals surface area (Å²) in [5.41, 5.74) is 1.31. The minimum atomic E-state index is 0.525. The summed E-state index contributed by atoms with van der Waals surface area (Å²) in [6.07, 6.45) is 3.39. The van der Waals surface area contributed by atoms with E-state index < -0.39 is 0 Å². The lowest BCUT2D eigenvalue weighted by Crippen LogP contribution is -1.82. The molecule has 0 aliphatic heterocycles. The van der Waals surface area contributed by atoms with Gasteiger partial charge in [0.2, 0.25) is 0 Å². The molecule has 3 nitrogen and oxygen atoms in total. The van der Waals surface area contributed by atoms with E-state index in [1.807, 2.05) is 13.0 Å². The number of aryl methyl sites for hydroxylation is 1. The summed E-state index contributed by atoms with van der Waals surface area (Å²) in [5.74, 6) is 0. The number of nitriles is 1. The van der Waals surface area contributed by atoms with Crippen LogP contribution in [0.4, 0.5) is 0 Å². The minimum Gasteiger partial charge on any atom is -0.275 e. The van der Waals surface area contributed by atoms with E-state index >= 15 is 0 Å². The number of H-pyrrole nitrogens is 1. The molecular weight excluding hydrogens is 114 g/mol. The summed E-state index contributed by atoms with van der Waals surface area (Å²) in [4.78, 5) is 0. The smallest absolute Gasteiger partial charge is 0.103 e. The van der Waals surface area contributed by atoms with Crippen LogP contribution in [0.1, 0.15) is 18.2 Å². The summed E-state index contributed by atoms with van der Waals surface area (Å²) in [6, 6.07) is 1.98. The maximum absolute atomic E-state index is 8.40. The van der Waals surface area contributed by atoms with Crippen LogP contribution in [0.2, 0.25) is 0 Å². The molecule has 0 aliphatic carbocycles. The molecule has 0 saturated heterocycles. The van der Waals surface area contributed by atoms with Gasteiger partial charge in [0.15, 0.2) is 0 Å². The number of rotatable bonds is 1. The minimum absolute atomic E-state index is 0.525. The van der Waals surface area contributed by atoms with Crippen LogP contribution >= 0.6 is 0 Å². The van der Waals surface area contributed by atoms with Gasteiger partial charge in [-0.25, -0.2) is 0 Å². The molecule has 0 aliphatic rings. The second kappa shape index (κ2) is 2.31. The molecule has 3 heteroatoms. The van der Waals surface area contributed by atoms with Crippen LogP contribution in [0.3, 0.4) is 0 Å². The van der Waals surface area contributed by atoms with E-state index in [9.17, 15) is 0 Å². The van der Waals surface area contributed by atoms with Crippen LogP contribution < -0.4 is 0 Å². The molecule has 0 bridgehead atoms. The van der Waals surface area contributed by atoms with Crippen molar-refractivity contribution >= 4 is 0 Å². The third-order valence-corrected chi connectivity index (χ3v) is 1.11. The first kappa shape index (κ1) is 5.83. The molecule has 9 heavy (non-hydrogen) atoms. The fraction of sp³-hybridized carbons (Fsp3) is 0.333. The third kappa shape index (κ3) is 0.918. The predicted molar refractivity (Wildman–Crippen MR) is 31.5 cm³/mol. The molecule has 1 rings (SSSR count). The maximum Gasteiger partial charge on any atom is 0.103 e. The van der Waals surface area contributed by atoms with Gasteiger partial charge in [-0.1, -0.05) is 6.92 Å². The number of aromatic nitrogens is 2. The molecule has 1 aromatic heterocycles. The zero-order valence-electron chi connectivity index (χ0n) is 5.10. The van der Waals surface area contributed by atoms with E-state index in [0.29, 0.717) is 5.56 Å². The highest BCUT2D eigenvalue weighted by Gasteiger charge is 2.00. The van der Waals surface area contributed by atoms with E-state index in [4.69, 9.17) is 5.26 Å². The zero-order valence-corrected chi connectivity index (χ0v) is 5.10. The number of hydrogen-bond donors (Lipinski definition) is 1. The molecule has 0 saturated carbocycles. The lowest BCUT2D eigenvalue weighted by Gasteiger charge is -1.82. The van der Waals surface area contributed by atoms with Crippen LogP contribution in [0.15, 0.2) is 0 Å². The van der Waals surface area contributed by atoms with Gasteiger partial charge in [-0.3, -0.25) is 5.10 Å². The molecule has 0 fully saturated rings. The maximum atomic E-state index is 8.40. The first-order valence-electron chi connectivity index (χ1n) is 2.73. The number of nitrogens with zero attached hydrogens (tertiary/aromatic N) is 2. The van der Waals surface area contributed by atoms with E-state index in [0.717, 1.165) is 12.1 Å². The highest BCUT2D eigenvalue weighted by atomic mass is 15.1. The van der Waals surface area contributed by atoms with E-state index in [1.54, 1.807) is 0 Å². The van der Waals surface area contributed by atoms with E-state index in [-0.39, 0.29) is 0 Å². The highest BCUT2D eigenvalue weighted by Crippen LogP contribution is 2.00. The fourth-order valence-electron chi connectivity index (χ4n) is 0.628. The van der Waals surface area contributed by atoms with Crippen molar-refractivity contribution < 1.29 is 0 Å². The van der Waals surface area contributed by atoms with Gasteiger partial charge < -0.3 is 0 Å². The molecule has 1 heterocycles. The predicted octanol–water partition coefficient (Wildman–Crippen LogP) is 0.644. The van der Waals surface area contributed by atoms with Crippen LogP contribution in [0.25, 0.3) is 0 Å². The van der Waals surface area contributed by atoms with Crippen molar-refractivity contribution in [2.45, 2.75) is 13.3 Å². The standard InChI is InChI=1S/C6H6N3/c1-2-6-5(3-7)4-8-9-6/h2H2,1H3,(H,8,9). The molecule has 0 atom stereocenters. The summed E-state index contributed by atoms with van der Waals surface area (Å²) in [5, 5.41) is 14.7. The number of nitrogens with one attached hydrogen (secondary N) is 1. The Balaban J connectivity index is 3.02. The average molecular weight is 120 g/mol. The Morgan fingerprint density at radius 1 is 1.89 bits per heavy atom. The molecular formula is C6H6N3. The first-order valence-corrected chi connectivity index (χ1v) is 2.73. The van der Waals surface area contributed by atoms with Crippen molar-refractivity contribution in [3.05, 3.63) is 17.5 Å². The Labute approximate surface area is 53.3 Å². The van der Waals surface area contributed by atoms with Crippen LogP contribution in [0, 0.1) is 17.5 Å². The lowest BCUT2D eigenvalue weighted by molar-refractivity contribution is 0.971. The van der Waals surface area contributed by atoms with Crippen LogP contribution in [-0.2, 0) is 6.42 Å². The van der Waals surface area contributed by atoms with Crippen molar-refractivity contribution in [3.8, 4) is 6.07 Å². The third-order valence-electron chi connectivity index (χ3n) is 1.11. The molecule has 0 amide bonds. The Kier molecular flexibility index (Phi) is 1.50. The van der Waals surface area contributed by atoms with E-state index in [2.05, 4.69) is 16.4 Å². The van der Waals surface area contributed by atoms with Crippen molar-refractivity contribution in [1.82, 2.24) is 10.2 Å². The normalized spacial score (nSPS) is 8.89. The van der Waals surface area contributed by atoms with Gasteiger partial charge in [-0.2, -0.15) is 10.4 Å². The Hall–Kier alpha value is -1.30. The van der Waals surface area contributed by atoms with Gasteiger partial charge >= 0.3 is 0 Å². The Morgan fingerprint density at radius 3 is 3.11 bits per heavy atom. The molecule has 1 radical (unpaired) electrons. The van der Waals surface area contributed by atoms with Crippen LogP contribution in [-0.4, -0.2) is 10.2 Å². The van der Waals surface area contributed by atoms with Crippen molar-refractivity contribution in [3.63, 3.8) is 0 Å². The molecule has 0 spiro atoms. The lowest BCUT2D eigenvalue weighted by atomic mass is 10.2. The topological polar surface area (TPSA) is 52.5 Å². The molecule has 0 aromatic carbocycles. The second-order valence-corrected chi connectivity index (χ2v) is 1.64. The zero-order chi connectivity index (χ0) is 6.69. The summed E-state index contributed by atoms with van der Waals surface area (Å²) in [7, 11) is 0. The Morgan fingerprint density at radius 2 is 2.67 bits per heavy atom. The molecule has 1 aromatic rings. The summed E-state index contributed by atoms with van der Waals surface area (Å²) in [6.45, 7) is 1.95. The average Bonchev–Trinajstić information content (AvgIpc) is 2.33. The van der Waals surface area contributed by atoms with Gasteiger partial charge in [0.1, 0.15) is 17.8 Å². The van der Waals surface area contributed by atoms with Crippen molar-refractivity contribution in [2.75, 3.05) is 0 Å². The van der Waals surface area contributed by atoms with Crippen molar-refractivity contribution in [1.29, 1.82) is 5.26 Å². The fourth-order valence-corrected chi connectivity index (χ4v) is 0.628. The molecule has 1 N–H and O–H groups in total. The highest BCUT2D eigenvalue weighted by molar-refractivity contribution is 5.28. The summed E-state index contributed by atoms with van der Waals surface area (Å²) >= 11 is 0. The van der Waals surface area contributed by atoms with Gasteiger partial charge in [-0.05, 0) is 6.42 Å². The quantitative estimate of drug-likeness (QED) is 0.591. The van der Waals surface area contributed by atoms with Crippen LogP contribution in [0.5, 0.6) is 0 Å². The van der Waals surface area contributed by atoms with Gasteiger partial charge in [0.25, 0.3) is 0 Å². The number of aromatic amines is 1. The largest absolute Gasteiger partial charge is 0.275 e. The molecule has 0 unspecified atom stereocenters.